The van der Waals surface area contributed by atoms with Crippen LogP contribution in [0.15, 0.2) is 24.3 Å². The van der Waals surface area contributed by atoms with Crippen LogP contribution in [0.5, 0.6) is 0 Å². The van der Waals surface area contributed by atoms with Crippen molar-refractivity contribution in [3.8, 4) is 0 Å². The van der Waals surface area contributed by atoms with E-state index < -0.39 is 18.0 Å². The summed E-state index contributed by atoms with van der Waals surface area (Å²) in [5, 5.41) is 11.1. The topological polar surface area (TPSA) is 86.9 Å². The molecule has 0 fully saturated rings. The lowest BCUT2D eigenvalue weighted by molar-refractivity contribution is -0.144. The summed E-state index contributed by atoms with van der Waals surface area (Å²) in [5.41, 5.74) is 7.26. The highest BCUT2D eigenvalue weighted by molar-refractivity contribution is 5.85. The van der Waals surface area contributed by atoms with Gasteiger partial charge in [-0.05, 0) is 11.1 Å². The van der Waals surface area contributed by atoms with Crippen LogP contribution in [0, 0.1) is 0 Å². The lowest BCUT2D eigenvalue weighted by Gasteiger charge is -2.27. The standard InChI is InChI=1S/C11H13N3O3/c1-13-10(15)9(12)8-5-3-2-4-7(8)6-14(13)11(16)17/h2-5,9H,6,12H2,1H3,(H,16,17). The molecular formula is C11H13N3O3. The lowest BCUT2D eigenvalue weighted by atomic mass is 10.0. The second-order valence-corrected chi connectivity index (χ2v) is 3.88. The summed E-state index contributed by atoms with van der Waals surface area (Å²) in [6, 6.07) is 6.28. The molecule has 0 radical (unpaired) electrons. The number of rotatable bonds is 0. The zero-order valence-corrected chi connectivity index (χ0v) is 9.33. The number of hydrogen-bond acceptors (Lipinski definition) is 3. The molecular weight excluding hydrogens is 222 g/mol. The van der Waals surface area contributed by atoms with Gasteiger partial charge in [0.2, 0.25) is 0 Å². The maximum Gasteiger partial charge on any atom is 0.426 e. The Morgan fingerprint density at radius 1 is 1.47 bits per heavy atom. The first-order valence-corrected chi connectivity index (χ1v) is 5.13. The number of carbonyl (C=O) groups is 2. The number of fused-ring (bicyclic) bond motifs is 1. The molecule has 2 rings (SSSR count). The minimum atomic E-state index is -1.18. The number of nitrogens with zero attached hydrogens (tertiary/aromatic N) is 2. The number of likely N-dealkylation sites (N-methyl/N-ethyl adjacent to an activating group) is 1. The van der Waals surface area contributed by atoms with Gasteiger partial charge in [0.25, 0.3) is 5.91 Å². The Balaban J connectivity index is 2.50. The van der Waals surface area contributed by atoms with Crippen molar-refractivity contribution in [2.75, 3.05) is 7.05 Å². The van der Waals surface area contributed by atoms with Crippen LogP contribution >= 0.6 is 0 Å². The second-order valence-electron chi connectivity index (χ2n) is 3.88. The van der Waals surface area contributed by atoms with Gasteiger partial charge in [-0.1, -0.05) is 24.3 Å². The average Bonchev–Trinajstić information content (AvgIpc) is 2.41. The highest BCUT2D eigenvalue weighted by Gasteiger charge is 2.32. The van der Waals surface area contributed by atoms with Crippen LogP contribution in [0.4, 0.5) is 4.79 Å². The second kappa shape index (κ2) is 4.06. The molecule has 3 N–H and O–H groups in total. The highest BCUT2D eigenvalue weighted by Crippen LogP contribution is 2.24. The van der Waals surface area contributed by atoms with Gasteiger partial charge in [-0.15, -0.1) is 0 Å². The van der Waals surface area contributed by atoms with E-state index in [0.717, 1.165) is 15.6 Å². The number of benzene rings is 1. The van der Waals surface area contributed by atoms with E-state index >= 15 is 0 Å². The van der Waals surface area contributed by atoms with Crippen LogP contribution in [0.1, 0.15) is 17.2 Å². The predicted molar refractivity (Wildman–Crippen MR) is 59.7 cm³/mol. The Morgan fingerprint density at radius 3 is 2.76 bits per heavy atom. The van der Waals surface area contributed by atoms with E-state index in [1.165, 1.54) is 7.05 Å². The van der Waals surface area contributed by atoms with Gasteiger partial charge in [0.05, 0.1) is 6.54 Å². The summed E-state index contributed by atoms with van der Waals surface area (Å²) in [7, 11) is 1.40. The van der Waals surface area contributed by atoms with Crippen molar-refractivity contribution in [1.82, 2.24) is 10.0 Å². The Kier molecular flexibility index (Phi) is 2.72. The molecule has 0 spiro atoms. The zero-order chi connectivity index (χ0) is 12.6. The van der Waals surface area contributed by atoms with Crippen LogP contribution in [0.2, 0.25) is 0 Å². The summed E-state index contributed by atoms with van der Waals surface area (Å²) < 4.78 is 0. The minimum Gasteiger partial charge on any atom is -0.464 e. The van der Waals surface area contributed by atoms with Crippen LogP contribution in [0.25, 0.3) is 0 Å². The van der Waals surface area contributed by atoms with Gasteiger partial charge in [-0.3, -0.25) is 4.79 Å². The van der Waals surface area contributed by atoms with E-state index in [2.05, 4.69) is 0 Å². The fourth-order valence-corrected chi connectivity index (χ4v) is 1.90. The third-order valence-corrected chi connectivity index (χ3v) is 2.88. The lowest BCUT2D eigenvalue weighted by Crippen LogP contribution is -2.47. The van der Waals surface area contributed by atoms with Crippen molar-refractivity contribution in [2.24, 2.45) is 5.73 Å². The van der Waals surface area contributed by atoms with Crippen molar-refractivity contribution in [1.29, 1.82) is 0 Å². The molecule has 2 amide bonds. The summed E-state index contributed by atoms with van der Waals surface area (Å²) in [6.07, 6.45) is -1.18. The Morgan fingerprint density at radius 2 is 2.12 bits per heavy atom. The van der Waals surface area contributed by atoms with Gasteiger partial charge in [-0.2, -0.15) is 0 Å². The van der Waals surface area contributed by atoms with Crippen molar-refractivity contribution in [2.45, 2.75) is 12.6 Å². The molecule has 1 heterocycles. The summed E-state index contributed by atoms with van der Waals surface area (Å²) in [6.45, 7) is 0.126. The molecule has 0 saturated heterocycles. The first-order chi connectivity index (χ1) is 8.02. The highest BCUT2D eigenvalue weighted by atomic mass is 16.4. The van der Waals surface area contributed by atoms with E-state index in [1.54, 1.807) is 24.3 Å². The summed E-state index contributed by atoms with van der Waals surface area (Å²) >= 11 is 0. The summed E-state index contributed by atoms with van der Waals surface area (Å²) in [4.78, 5) is 23.0. The van der Waals surface area contributed by atoms with Gasteiger partial charge in [-0.25, -0.2) is 14.8 Å². The normalized spacial score (nSPS) is 19.9. The Hall–Kier alpha value is -2.08. The van der Waals surface area contributed by atoms with E-state index in [9.17, 15) is 9.59 Å². The largest absolute Gasteiger partial charge is 0.464 e. The van der Waals surface area contributed by atoms with Crippen LogP contribution in [-0.4, -0.2) is 34.2 Å². The van der Waals surface area contributed by atoms with Crippen LogP contribution < -0.4 is 5.73 Å². The van der Waals surface area contributed by atoms with E-state index in [4.69, 9.17) is 10.8 Å². The number of hydrazine groups is 1. The first-order valence-electron chi connectivity index (χ1n) is 5.13. The van der Waals surface area contributed by atoms with Crippen LogP contribution in [0.3, 0.4) is 0 Å². The van der Waals surface area contributed by atoms with Crippen molar-refractivity contribution < 1.29 is 14.7 Å². The number of hydrogen-bond donors (Lipinski definition) is 2. The van der Waals surface area contributed by atoms with Crippen molar-refractivity contribution >= 4 is 12.0 Å². The van der Waals surface area contributed by atoms with Gasteiger partial charge in [0.15, 0.2) is 0 Å². The fourth-order valence-electron chi connectivity index (χ4n) is 1.90. The molecule has 90 valence electrons. The van der Waals surface area contributed by atoms with Crippen molar-refractivity contribution in [3.63, 3.8) is 0 Å². The molecule has 0 saturated carbocycles. The molecule has 6 heteroatoms. The minimum absolute atomic E-state index is 0.126. The molecule has 6 nitrogen and oxygen atoms in total. The maximum atomic E-state index is 11.9. The van der Waals surface area contributed by atoms with E-state index in [0.29, 0.717) is 5.56 Å². The summed E-state index contributed by atoms with van der Waals surface area (Å²) in [5.74, 6) is -0.433. The maximum absolute atomic E-state index is 11.9. The third-order valence-electron chi connectivity index (χ3n) is 2.88. The fraction of sp³-hybridized carbons (Fsp3) is 0.273. The van der Waals surface area contributed by atoms with Gasteiger partial charge in [0, 0.05) is 7.05 Å². The molecule has 0 bridgehead atoms. The molecule has 17 heavy (non-hydrogen) atoms. The van der Waals surface area contributed by atoms with E-state index in [-0.39, 0.29) is 6.54 Å². The monoisotopic (exact) mass is 235 g/mol. The molecule has 1 aliphatic rings. The van der Waals surface area contributed by atoms with E-state index in [1.807, 2.05) is 0 Å². The smallest absolute Gasteiger partial charge is 0.426 e. The Labute approximate surface area is 98.2 Å². The molecule has 1 aromatic carbocycles. The molecule has 1 aromatic rings. The average molecular weight is 235 g/mol. The SMILES string of the molecule is CN1C(=O)C(N)c2ccccc2CN1C(=O)O. The molecule has 0 aromatic heterocycles. The predicted octanol–water partition coefficient (Wildman–Crippen LogP) is 0.553. The number of nitrogens with two attached hydrogens (primary N) is 1. The Bertz CT molecular complexity index is 475. The number of amides is 2. The molecule has 1 aliphatic heterocycles. The third kappa shape index (κ3) is 1.83. The number of carbonyl (C=O) groups excluding carboxylic acids is 1. The van der Waals surface area contributed by atoms with Crippen LogP contribution in [-0.2, 0) is 11.3 Å². The number of carboxylic acid groups (broad SMARTS) is 1. The van der Waals surface area contributed by atoms with Crippen molar-refractivity contribution in [3.05, 3.63) is 35.4 Å². The zero-order valence-electron chi connectivity index (χ0n) is 9.33. The quantitative estimate of drug-likeness (QED) is 0.687. The van der Waals surface area contributed by atoms with Gasteiger partial charge in [0.1, 0.15) is 6.04 Å². The molecule has 1 atom stereocenters. The van der Waals surface area contributed by atoms with Gasteiger partial charge >= 0.3 is 6.09 Å². The van der Waals surface area contributed by atoms with Gasteiger partial charge < -0.3 is 10.8 Å². The molecule has 0 aliphatic carbocycles. The first kappa shape index (κ1) is 11.4. The molecule has 1 unspecified atom stereocenters.